The van der Waals surface area contributed by atoms with Gasteiger partial charge in [-0.05, 0) is 43.1 Å². The molecule has 9 heteroatoms. The quantitative estimate of drug-likeness (QED) is 0.412. The maximum absolute atomic E-state index is 13.3. The lowest BCUT2D eigenvalue weighted by Gasteiger charge is -2.21. The number of carbonyl (C=O) groups is 1. The van der Waals surface area contributed by atoms with Gasteiger partial charge in [-0.15, -0.1) is 0 Å². The summed E-state index contributed by atoms with van der Waals surface area (Å²) >= 11 is 0. The molecule has 2 atom stereocenters. The van der Waals surface area contributed by atoms with Crippen molar-refractivity contribution in [1.82, 2.24) is 4.90 Å². The number of sulfonamides is 1. The third-order valence-corrected chi connectivity index (χ3v) is 7.54. The zero-order valence-corrected chi connectivity index (χ0v) is 19.5. The highest BCUT2D eigenvalue weighted by Crippen LogP contribution is 2.57. The van der Waals surface area contributed by atoms with E-state index < -0.39 is 16.2 Å². The number of anilines is 1. The lowest BCUT2D eigenvalue weighted by Crippen LogP contribution is -2.22. The van der Waals surface area contributed by atoms with Crippen molar-refractivity contribution in [3.63, 3.8) is 0 Å². The number of benzene rings is 2. The molecule has 2 N–H and O–H groups in total. The van der Waals surface area contributed by atoms with E-state index in [0.29, 0.717) is 36.3 Å². The zero-order valence-electron chi connectivity index (χ0n) is 18.7. The Labute approximate surface area is 193 Å². The molecule has 1 heterocycles. The zero-order chi connectivity index (χ0) is 23.6. The first-order valence-electron chi connectivity index (χ1n) is 11.0. The molecule has 0 bridgehead atoms. The predicted octanol–water partition coefficient (Wildman–Crippen LogP) is 4.40. The highest BCUT2D eigenvalue weighted by Gasteiger charge is 2.45. The van der Waals surface area contributed by atoms with Crippen LogP contribution in [0.5, 0.6) is 11.5 Å². The van der Waals surface area contributed by atoms with Gasteiger partial charge < -0.3 is 19.5 Å². The van der Waals surface area contributed by atoms with Gasteiger partial charge in [-0.1, -0.05) is 50.3 Å². The highest BCUT2D eigenvalue weighted by molar-refractivity contribution is 7.92. The second-order valence-corrected chi connectivity index (χ2v) is 9.82. The standard InChI is InChI=1S/C24H28N2O6S/c1-3-26(4-2)13-7-9-16-8-5-6-10-21(16)33(29,30)25-20-12-11-18-19-14-17(19)15-31-22(18)23(20)32-24(27)28/h5-12,17,19,25H,3-4,13-15H2,1-2H3,(H,27,28)/b9-7-/t17-,19-/m1/s1. The van der Waals surface area contributed by atoms with Gasteiger partial charge >= 0.3 is 6.16 Å². The molecule has 0 saturated heterocycles. The number of ether oxygens (including phenoxy) is 2. The van der Waals surface area contributed by atoms with Gasteiger partial charge in [-0.3, -0.25) is 4.72 Å². The molecule has 4 rings (SSSR count). The van der Waals surface area contributed by atoms with Crippen molar-refractivity contribution in [3.8, 4) is 11.5 Å². The predicted molar refractivity (Wildman–Crippen MR) is 126 cm³/mol. The number of nitrogens with one attached hydrogen (secondary N) is 1. The van der Waals surface area contributed by atoms with Crippen LogP contribution in [0.1, 0.15) is 37.3 Å². The van der Waals surface area contributed by atoms with E-state index in [-0.39, 0.29) is 16.3 Å². The summed E-state index contributed by atoms with van der Waals surface area (Å²) in [6, 6.07) is 9.98. The van der Waals surface area contributed by atoms with Gasteiger partial charge in [0.1, 0.15) is 0 Å². The smallest absolute Gasteiger partial charge is 0.489 e. The number of likely N-dealkylation sites (N-methyl/N-ethyl adjacent to an activating group) is 1. The molecule has 0 aromatic heterocycles. The summed E-state index contributed by atoms with van der Waals surface area (Å²) in [5, 5.41) is 9.24. The van der Waals surface area contributed by atoms with Crippen molar-refractivity contribution in [1.29, 1.82) is 0 Å². The Morgan fingerprint density at radius 3 is 2.73 bits per heavy atom. The molecule has 0 unspecified atom stereocenters. The van der Waals surface area contributed by atoms with Gasteiger partial charge in [0.05, 0.1) is 17.2 Å². The first kappa shape index (κ1) is 23.1. The maximum Gasteiger partial charge on any atom is 0.511 e. The average molecular weight is 473 g/mol. The molecule has 1 aliphatic heterocycles. The summed E-state index contributed by atoms with van der Waals surface area (Å²) in [5.74, 6) is 0.896. The van der Waals surface area contributed by atoms with Crippen LogP contribution in [-0.2, 0) is 10.0 Å². The molecule has 2 aliphatic rings. The third kappa shape index (κ3) is 4.99. The number of nitrogens with zero attached hydrogens (tertiary/aromatic N) is 1. The van der Waals surface area contributed by atoms with Crippen molar-refractivity contribution in [2.75, 3.05) is 31.0 Å². The Hall–Kier alpha value is -3.04. The van der Waals surface area contributed by atoms with Gasteiger partial charge in [0.25, 0.3) is 10.0 Å². The van der Waals surface area contributed by atoms with E-state index >= 15 is 0 Å². The van der Waals surface area contributed by atoms with E-state index in [0.717, 1.165) is 25.1 Å². The topological polar surface area (TPSA) is 105 Å². The Morgan fingerprint density at radius 2 is 2.00 bits per heavy atom. The normalized spacial score (nSPS) is 19.0. The first-order valence-corrected chi connectivity index (χ1v) is 12.5. The molecule has 2 aromatic rings. The molecule has 1 fully saturated rings. The third-order valence-electron chi connectivity index (χ3n) is 6.10. The molecule has 0 spiro atoms. The number of hydrogen-bond acceptors (Lipinski definition) is 6. The molecule has 8 nitrogen and oxygen atoms in total. The van der Waals surface area contributed by atoms with Gasteiger partial charge in [0.15, 0.2) is 5.75 Å². The minimum atomic E-state index is -4.04. The van der Waals surface area contributed by atoms with Gasteiger partial charge in [-0.2, -0.15) is 0 Å². The van der Waals surface area contributed by atoms with E-state index in [1.807, 2.05) is 6.08 Å². The van der Waals surface area contributed by atoms with Crippen LogP contribution in [-0.4, -0.2) is 50.8 Å². The number of carboxylic acid groups (broad SMARTS) is 1. The SMILES string of the molecule is CCN(CC)C/C=C\c1ccccc1S(=O)(=O)Nc1ccc2c(c1OC(=O)O)OC[C@H]1C[C@@H]21. The highest BCUT2D eigenvalue weighted by atomic mass is 32.2. The molecule has 1 aliphatic carbocycles. The summed E-state index contributed by atoms with van der Waals surface area (Å²) in [6.07, 6.45) is 3.15. The van der Waals surface area contributed by atoms with Crippen LogP contribution in [0.3, 0.4) is 0 Å². The lowest BCUT2D eigenvalue weighted by molar-refractivity contribution is 0.141. The number of rotatable bonds is 9. The van der Waals surface area contributed by atoms with Crippen molar-refractivity contribution in [2.45, 2.75) is 31.1 Å². The first-order chi connectivity index (χ1) is 15.8. The summed E-state index contributed by atoms with van der Waals surface area (Å²) in [5.41, 5.74) is 1.41. The van der Waals surface area contributed by atoms with E-state index in [9.17, 15) is 18.3 Å². The fourth-order valence-electron chi connectivity index (χ4n) is 4.16. The summed E-state index contributed by atoms with van der Waals surface area (Å²) < 4.78 is 39.9. The van der Waals surface area contributed by atoms with Crippen molar-refractivity contribution in [2.24, 2.45) is 5.92 Å². The number of hydrogen-bond donors (Lipinski definition) is 2. The van der Waals surface area contributed by atoms with Crippen LogP contribution in [0.15, 0.2) is 47.4 Å². The van der Waals surface area contributed by atoms with E-state index in [4.69, 9.17) is 9.47 Å². The largest absolute Gasteiger partial charge is 0.511 e. The molecular formula is C24H28N2O6S. The fraction of sp³-hybridized carbons (Fsp3) is 0.375. The summed E-state index contributed by atoms with van der Waals surface area (Å²) in [4.78, 5) is 13.6. The van der Waals surface area contributed by atoms with E-state index in [2.05, 4.69) is 23.5 Å². The van der Waals surface area contributed by atoms with Crippen molar-refractivity contribution >= 4 is 27.9 Å². The second-order valence-electron chi connectivity index (χ2n) is 8.17. The van der Waals surface area contributed by atoms with Gasteiger partial charge in [0.2, 0.25) is 5.75 Å². The lowest BCUT2D eigenvalue weighted by atomic mass is 10.0. The van der Waals surface area contributed by atoms with Crippen LogP contribution >= 0.6 is 0 Å². The Kier molecular flexibility index (Phi) is 6.62. The van der Waals surface area contributed by atoms with Crippen LogP contribution in [0.25, 0.3) is 6.08 Å². The molecule has 0 amide bonds. The molecular weight excluding hydrogens is 444 g/mol. The molecule has 0 radical (unpaired) electrons. The van der Waals surface area contributed by atoms with E-state index in [1.165, 1.54) is 12.1 Å². The van der Waals surface area contributed by atoms with Gasteiger partial charge in [-0.25, -0.2) is 13.2 Å². The monoisotopic (exact) mass is 472 g/mol. The average Bonchev–Trinajstić information content (AvgIpc) is 3.58. The van der Waals surface area contributed by atoms with Crippen LogP contribution in [0.4, 0.5) is 10.5 Å². The Balaban J connectivity index is 1.65. The minimum absolute atomic E-state index is 0.0252. The van der Waals surface area contributed by atoms with Gasteiger partial charge in [0, 0.05) is 18.0 Å². The van der Waals surface area contributed by atoms with Crippen LogP contribution < -0.4 is 14.2 Å². The van der Waals surface area contributed by atoms with Crippen molar-refractivity contribution in [3.05, 3.63) is 53.6 Å². The Morgan fingerprint density at radius 1 is 1.24 bits per heavy atom. The van der Waals surface area contributed by atoms with Crippen LogP contribution in [0, 0.1) is 5.92 Å². The molecule has 33 heavy (non-hydrogen) atoms. The Bertz CT molecular complexity index is 1170. The fourth-order valence-corrected chi connectivity index (χ4v) is 5.43. The number of fused-ring (bicyclic) bond motifs is 3. The maximum atomic E-state index is 13.3. The minimum Gasteiger partial charge on any atom is -0.489 e. The second kappa shape index (κ2) is 9.44. The summed E-state index contributed by atoms with van der Waals surface area (Å²) in [7, 11) is -4.04. The molecule has 176 valence electrons. The summed E-state index contributed by atoms with van der Waals surface area (Å²) in [6.45, 7) is 7.11. The van der Waals surface area contributed by atoms with Crippen molar-refractivity contribution < 1.29 is 27.8 Å². The van der Waals surface area contributed by atoms with Crippen LogP contribution in [0.2, 0.25) is 0 Å². The molecule has 1 saturated carbocycles. The van der Waals surface area contributed by atoms with E-state index in [1.54, 1.807) is 30.3 Å². The molecule has 2 aromatic carbocycles.